The van der Waals surface area contributed by atoms with Gasteiger partial charge in [-0.05, 0) is 30.9 Å². The number of nitrogens with one attached hydrogen (secondary N) is 1. The lowest BCUT2D eigenvalue weighted by Gasteiger charge is -2.19. The highest BCUT2D eigenvalue weighted by atomic mass is 32.1. The van der Waals surface area contributed by atoms with E-state index in [1.807, 2.05) is 51.1 Å². The number of anilines is 1. The van der Waals surface area contributed by atoms with E-state index in [9.17, 15) is 9.90 Å². The van der Waals surface area contributed by atoms with E-state index in [0.29, 0.717) is 18.1 Å². The summed E-state index contributed by atoms with van der Waals surface area (Å²) in [5.74, 6) is 0.375. The normalized spacial score (nSPS) is 12.5. The molecule has 0 aliphatic carbocycles. The van der Waals surface area contributed by atoms with Crippen LogP contribution >= 0.6 is 11.3 Å². The van der Waals surface area contributed by atoms with Crippen molar-refractivity contribution in [1.29, 1.82) is 0 Å². The third-order valence-electron chi connectivity index (χ3n) is 4.50. The van der Waals surface area contributed by atoms with Crippen molar-refractivity contribution in [2.75, 3.05) is 5.32 Å². The maximum atomic E-state index is 11.6. The molecule has 0 aliphatic rings. The third-order valence-corrected chi connectivity index (χ3v) is 5.61. The average molecular weight is 369 g/mol. The van der Waals surface area contributed by atoms with Gasteiger partial charge in [-0.25, -0.2) is 14.8 Å². The van der Waals surface area contributed by atoms with Gasteiger partial charge in [-0.1, -0.05) is 44.2 Å². The number of aromatic nitrogens is 2. The second-order valence-electron chi connectivity index (χ2n) is 6.82. The van der Waals surface area contributed by atoms with Crippen LogP contribution in [-0.4, -0.2) is 27.1 Å². The SMILES string of the molecule is Cc1sc2nc(Cc3ccccc3)nc(NC(C(=O)O)C(C)C)c2c1C. The number of rotatable bonds is 6. The van der Waals surface area contributed by atoms with E-state index in [1.54, 1.807) is 11.3 Å². The van der Waals surface area contributed by atoms with Crippen LogP contribution in [0.25, 0.3) is 10.2 Å². The minimum atomic E-state index is -0.874. The maximum Gasteiger partial charge on any atom is 0.326 e. The molecule has 136 valence electrons. The van der Waals surface area contributed by atoms with E-state index < -0.39 is 12.0 Å². The first kappa shape index (κ1) is 18.3. The van der Waals surface area contributed by atoms with E-state index >= 15 is 0 Å². The molecule has 0 radical (unpaired) electrons. The molecule has 26 heavy (non-hydrogen) atoms. The van der Waals surface area contributed by atoms with Crippen LogP contribution in [0.2, 0.25) is 0 Å². The van der Waals surface area contributed by atoms with Gasteiger partial charge in [0.1, 0.15) is 22.5 Å². The average Bonchev–Trinajstić information content (AvgIpc) is 2.87. The lowest BCUT2D eigenvalue weighted by atomic mass is 10.0. The van der Waals surface area contributed by atoms with Gasteiger partial charge in [0.15, 0.2) is 0 Å². The predicted molar refractivity (Wildman–Crippen MR) is 106 cm³/mol. The number of carboxylic acid groups (broad SMARTS) is 1. The van der Waals surface area contributed by atoms with Crippen molar-refractivity contribution in [3.63, 3.8) is 0 Å². The summed E-state index contributed by atoms with van der Waals surface area (Å²) in [6, 6.07) is 9.35. The molecule has 3 rings (SSSR count). The minimum absolute atomic E-state index is 0.0601. The molecule has 3 aromatic rings. The van der Waals surface area contributed by atoms with Crippen LogP contribution in [0.4, 0.5) is 5.82 Å². The van der Waals surface area contributed by atoms with Crippen molar-refractivity contribution in [1.82, 2.24) is 9.97 Å². The molecule has 1 unspecified atom stereocenters. The Kier molecular flexibility index (Phi) is 5.23. The Hall–Kier alpha value is -2.47. The molecule has 1 atom stereocenters. The highest BCUT2D eigenvalue weighted by molar-refractivity contribution is 7.18. The van der Waals surface area contributed by atoms with Crippen LogP contribution in [0.3, 0.4) is 0 Å². The molecule has 0 amide bonds. The van der Waals surface area contributed by atoms with E-state index in [-0.39, 0.29) is 5.92 Å². The molecule has 6 heteroatoms. The fourth-order valence-corrected chi connectivity index (χ4v) is 3.96. The molecule has 2 aromatic heterocycles. The fraction of sp³-hybridized carbons (Fsp3) is 0.350. The zero-order chi connectivity index (χ0) is 18.8. The predicted octanol–water partition coefficient (Wildman–Crippen LogP) is 4.42. The van der Waals surface area contributed by atoms with Gasteiger partial charge in [-0.3, -0.25) is 0 Å². The number of aryl methyl sites for hydroxylation is 2. The number of hydrogen-bond acceptors (Lipinski definition) is 5. The van der Waals surface area contributed by atoms with E-state index in [2.05, 4.69) is 12.2 Å². The molecule has 0 spiro atoms. The van der Waals surface area contributed by atoms with Crippen molar-refractivity contribution < 1.29 is 9.90 Å². The Labute approximate surface area is 157 Å². The largest absolute Gasteiger partial charge is 0.480 e. The Morgan fingerprint density at radius 1 is 1.19 bits per heavy atom. The van der Waals surface area contributed by atoms with Gasteiger partial charge in [0.05, 0.1) is 5.39 Å². The first-order valence-electron chi connectivity index (χ1n) is 8.66. The number of nitrogens with zero attached hydrogens (tertiary/aromatic N) is 2. The second kappa shape index (κ2) is 7.41. The van der Waals surface area contributed by atoms with Gasteiger partial charge in [0.2, 0.25) is 0 Å². The molecular formula is C20H23N3O2S. The van der Waals surface area contributed by atoms with Crippen molar-refractivity contribution in [2.24, 2.45) is 5.92 Å². The van der Waals surface area contributed by atoms with Crippen LogP contribution in [0.15, 0.2) is 30.3 Å². The monoisotopic (exact) mass is 369 g/mol. The first-order valence-corrected chi connectivity index (χ1v) is 9.48. The Morgan fingerprint density at radius 2 is 1.88 bits per heavy atom. The number of thiophene rings is 1. The van der Waals surface area contributed by atoms with E-state index in [1.165, 1.54) is 4.88 Å². The van der Waals surface area contributed by atoms with Crippen molar-refractivity contribution in [3.8, 4) is 0 Å². The second-order valence-corrected chi connectivity index (χ2v) is 8.02. The Balaban J connectivity index is 2.08. The standard InChI is InChI=1S/C20H23N3O2S/c1-11(2)17(20(24)25)23-18-16-12(3)13(4)26-19(16)22-15(21-18)10-14-8-6-5-7-9-14/h5-9,11,17H,10H2,1-4H3,(H,24,25)(H,21,22,23). The summed E-state index contributed by atoms with van der Waals surface area (Å²) in [7, 11) is 0. The summed E-state index contributed by atoms with van der Waals surface area (Å²) in [5.41, 5.74) is 2.23. The summed E-state index contributed by atoms with van der Waals surface area (Å²) in [6.45, 7) is 7.87. The van der Waals surface area contributed by atoms with Crippen molar-refractivity contribution >= 4 is 33.3 Å². The summed E-state index contributed by atoms with van der Waals surface area (Å²) >= 11 is 1.62. The van der Waals surface area contributed by atoms with Crippen LogP contribution in [0.1, 0.15) is 35.7 Å². The van der Waals surface area contributed by atoms with Gasteiger partial charge < -0.3 is 10.4 Å². The fourth-order valence-electron chi connectivity index (χ4n) is 2.92. The number of hydrogen-bond donors (Lipinski definition) is 2. The van der Waals surface area contributed by atoms with Gasteiger partial charge in [0, 0.05) is 11.3 Å². The highest BCUT2D eigenvalue weighted by Crippen LogP contribution is 2.34. The lowest BCUT2D eigenvalue weighted by Crippen LogP contribution is -2.34. The van der Waals surface area contributed by atoms with Gasteiger partial charge >= 0.3 is 5.97 Å². The molecule has 5 nitrogen and oxygen atoms in total. The van der Waals surface area contributed by atoms with E-state index in [0.717, 1.165) is 21.3 Å². The number of fused-ring (bicyclic) bond motifs is 1. The summed E-state index contributed by atoms with van der Waals surface area (Å²) in [6.07, 6.45) is 0.612. The summed E-state index contributed by atoms with van der Waals surface area (Å²) < 4.78 is 0. The smallest absolute Gasteiger partial charge is 0.326 e. The zero-order valence-corrected chi connectivity index (χ0v) is 16.2. The molecule has 0 aliphatic heterocycles. The van der Waals surface area contributed by atoms with Crippen LogP contribution in [0, 0.1) is 19.8 Å². The summed E-state index contributed by atoms with van der Waals surface area (Å²) in [5, 5.41) is 13.6. The van der Waals surface area contributed by atoms with Gasteiger partial charge in [0.25, 0.3) is 0 Å². The zero-order valence-electron chi connectivity index (χ0n) is 15.4. The number of benzene rings is 1. The third kappa shape index (κ3) is 3.70. The van der Waals surface area contributed by atoms with E-state index in [4.69, 9.17) is 9.97 Å². The van der Waals surface area contributed by atoms with Crippen molar-refractivity contribution in [2.45, 2.75) is 40.2 Å². The van der Waals surface area contributed by atoms with Crippen LogP contribution in [0.5, 0.6) is 0 Å². The Bertz CT molecular complexity index is 935. The Morgan fingerprint density at radius 3 is 2.50 bits per heavy atom. The quantitative estimate of drug-likeness (QED) is 0.673. The number of carboxylic acids is 1. The molecule has 2 heterocycles. The van der Waals surface area contributed by atoms with Crippen LogP contribution in [-0.2, 0) is 11.2 Å². The molecule has 0 fully saturated rings. The molecule has 1 aromatic carbocycles. The summed E-state index contributed by atoms with van der Waals surface area (Å²) in [4.78, 5) is 23.1. The van der Waals surface area contributed by atoms with Crippen molar-refractivity contribution in [3.05, 3.63) is 52.2 Å². The maximum absolute atomic E-state index is 11.6. The highest BCUT2D eigenvalue weighted by Gasteiger charge is 2.24. The number of aliphatic carboxylic acids is 1. The van der Waals surface area contributed by atoms with Crippen LogP contribution < -0.4 is 5.32 Å². The molecule has 2 N–H and O–H groups in total. The topological polar surface area (TPSA) is 75.1 Å². The first-order chi connectivity index (χ1) is 12.4. The van der Waals surface area contributed by atoms with Gasteiger partial charge in [-0.15, -0.1) is 11.3 Å². The number of carbonyl (C=O) groups is 1. The molecule has 0 saturated carbocycles. The lowest BCUT2D eigenvalue weighted by molar-refractivity contribution is -0.138. The molecule has 0 bridgehead atoms. The minimum Gasteiger partial charge on any atom is -0.480 e. The van der Waals surface area contributed by atoms with Gasteiger partial charge in [-0.2, -0.15) is 0 Å². The molecular weight excluding hydrogens is 346 g/mol. The molecule has 0 saturated heterocycles.